The zero-order valence-electron chi connectivity index (χ0n) is 34.0. The smallest absolute Gasteiger partial charge is 0.0541 e. The Morgan fingerprint density at radius 2 is 0.500 bits per heavy atom. The van der Waals surface area contributed by atoms with Crippen LogP contribution in [0.4, 0.5) is 0 Å². The zero-order chi connectivity index (χ0) is 41.0. The number of hydrogen-bond donors (Lipinski definition) is 0. The monoisotopic (exact) mass is 788 g/mol. The molecule has 2 heterocycles. The highest BCUT2D eigenvalue weighted by Crippen LogP contribution is 2.39. The van der Waals surface area contributed by atoms with Crippen molar-refractivity contribution in [3.8, 4) is 67.0 Å². The first-order valence-corrected chi connectivity index (χ1v) is 21.3. The summed E-state index contributed by atoms with van der Waals surface area (Å²) in [5.74, 6) is 0. The number of nitrogens with zero attached hydrogens (tertiary/aromatic N) is 2. The number of hydrogen-bond acceptors (Lipinski definition) is 0. The van der Waals surface area contributed by atoms with Crippen molar-refractivity contribution in [2.24, 2.45) is 0 Å². The van der Waals surface area contributed by atoms with Crippen LogP contribution in [0.5, 0.6) is 0 Å². The van der Waals surface area contributed by atoms with Crippen molar-refractivity contribution in [2.45, 2.75) is 0 Å². The Labute approximate surface area is 360 Å². The van der Waals surface area contributed by atoms with Gasteiger partial charge >= 0.3 is 0 Å². The van der Waals surface area contributed by atoms with Crippen LogP contribution in [0.15, 0.2) is 243 Å². The molecule has 10 aromatic carbocycles. The van der Waals surface area contributed by atoms with E-state index in [-0.39, 0.29) is 0 Å². The van der Waals surface area contributed by atoms with Crippen LogP contribution < -0.4 is 0 Å². The fourth-order valence-electron chi connectivity index (χ4n) is 9.46. The molecule has 2 heteroatoms. The topological polar surface area (TPSA) is 9.86 Å². The largest absolute Gasteiger partial charge is 0.309 e. The first-order chi connectivity index (χ1) is 30.7. The van der Waals surface area contributed by atoms with Gasteiger partial charge in [0.15, 0.2) is 0 Å². The van der Waals surface area contributed by atoms with Crippen LogP contribution in [0.2, 0.25) is 0 Å². The number of para-hydroxylation sites is 2. The SMILES string of the molecule is c1ccc(-c2ccc(-c3ccc(-n4c5ccccc5c5cc(-c6ccc7c(c6)c6ccccc6n7-c6cccc(-c7ccc(-c8ccccc8)cc7)c6)ccc54)cc3)cc2)cc1. The Morgan fingerprint density at radius 3 is 0.984 bits per heavy atom. The minimum Gasteiger partial charge on any atom is -0.309 e. The van der Waals surface area contributed by atoms with E-state index in [9.17, 15) is 0 Å². The molecule has 0 saturated carbocycles. The Kier molecular flexibility index (Phi) is 8.53. The maximum Gasteiger partial charge on any atom is 0.0541 e. The van der Waals surface area contributed by atoms with E-state index >= 15 is 0 Å². The van der Waals surface area contributed by atoms with Crippen LogP contribution in [0.25, 0.3) is 111 Å². The van der Waals surface area contributed by atoms with Crippen molar-refractivity contribution in [1.82, 2.24) is 9.13 Å². The van der Waals surface area contributed by atoms with Gasteiger partial charge in [0.25, 0.3) is 0 Å². The van der Waals surface area contributed by atoms with E-state index in [0.29, 0.717) is 0 Å². The molecule has 0 amide bonds. The maximum absolute atomic E-state index is 2.41. The van der Waals surface area contributed by atoms with E-state index in [1.54, 1.807) is 0 Å². The molecule has 290 valence electrons. The lowest BCUT2D eigenvalue weighted by Crippen LogP contribution is -1.94. The summed E-state index contributed by atoms with van der Waals surface area (Å²) in [5.41, 5.74) is 19.2. The summed E-state index contributed by atoms with van der Waals surface area (Å²) in [6, 6.07) is 88.3. The van der Waals surface area contributed by atoms with Crippen LogP contribution in [-0.4, -0.2) is 9.13 Å². The lowest BCUT2D eigenvalue weighted by Gasteiger charge is -2.11. The number of fused-ring (bicyclic) bond motifs is 6. The van der Waals surface area contributed by atoms with Crippen molar-refractivity contribution in [3.05, 3.63) is 243 Å². The van der Waals surface area contributed by atoms with Crippen LogP contribution in [-0.2, 0) is 0 Å². The predicted octanol–water partition coefficient (Wildman–Crippen LogP) is 16.2. The summed E-state index contributed by atoms with van der Waals surface area (Å²) < 4.78 is 4.82. The standard InChI is InChI=1S/C60H40N2/c1-3-12-41(13-4-1)43-22-24-45(25-23-43)46-30-34-51(35-31-46)61-57-20-9-7-18-53(57)55-39-49(32-36-59(55)61)50-33-37-60-56(40-50)54-19-8-10-21-58(54)62(60)52-17-11-16-48(38-52)47-28-26-44(27-29-47)42-14-5-2-6-15-42/h1-40H. The highest BCUT2D eigenvalue weighted by molar-refractivity contribution is 6.12. The van der Waals surface area contributed by atoms with Crippen molar-refractivity contribution < 1.29 is 0 Å². The molecule has 0 N–H and O–H groups in total. The second kappa shape index (κ2) is 14.8. The van der Waals surface area contributed by atoms with E-state index in [1.807, 2.05) is 0 Å². The highest BCUT2D eigenvalue weighted by atomic mass is 15.0. The van der Waals surface area contributed by atoms with Gasteiger partial charge < -0.3 is 9.13 Å². The Balaban J connectivity index is 0.897. The van der Waals surface area contributed by atoms with Gasteiger partial charge in [-0.3, -0.25) is 0 Å². The average molecular weight is 789 g/mol. The molecule has 12 rings (SSSR count). The van der Waals surface area contributed by atoms with Gasteiger partial charge in [0, 0.05) is 32.9 Å². The first-order valence-electron chi connectivity index (χ1n) is 21.3. The van der Waals surface area contributed by atoms with Crippen LogP contribution in [0.3, 0.4) is 0 Å². The molecule has 12 aromatic rings. The Hall–Kier alpha value is -8.20. The van der Waals surface area contributed by atoms with Gasteiger partial charge in [0.2, 0.25) is 0 Å². The van der Waals surface area contributed by atoms with Crippen molar-refractivity contribution in [1.29, 1.82) is 0 Å². The van der Waals surface area contributed by atoms with Crippen molar-refractivity contribution >= 4 is 43.6 Å². The molecule has 0 saturated heterocycles. The summed E-state index contributed by atoms with van der Waals surface area (Å²) in [4.78, 5) is 0. The quantitative estimate of drug-likeness (QED) is 0.152. The molecule has 2 aromatic heterocycles. The molecule has 0 radical (unpaired) electrons. The third-order valence-electron chi connectivity index (χ3n) is 12.6. The van der Waals surface area contributed by atoms with E-state index in [1.165, 1.54) is 99.2 Å². The van der Waals surface area contributed by atoms with Gasteiger partial charge in [-0.2, -0.15) is 0 Å². The van der Waals surface area contributed by atoms with Gasteiger partial charge in [-0.1, -0.05) is 182 Å². The second-order valence-corrected chi connectivity index (χ2v) is 16.2. The minimum absolute atomic E-state index is 1.15. The molecule has 0 bridgehead atoms. The molecule has 62 heavy (non-hydrogen) atoms. The lowest BCUT2D eigenvalue weighted by molar-refractivity contribution is 1.18. The third-order valence-corrected chi connectivity index (χ3v) is 12.6. The molecule has 0 aliphatic rings. The molecule has 0 fully saturated rings. The van der Waals surface area contributed by atoms with E-state index in [2.05, 4.69) is 252 Å². The van der Waals surface area contributed by atoms with Gasteiger partial charge in [0.1, 0.15) is 0 Å². The summed E-state index contributed by atoms with van der Waals surface area (Å²) in [7, 11) is 0. The van der Waals surface area contributed by atoms with Crippen LogP contribution in [0, 0.1) is 0 Å². The van der Waals surface area contributed by atoms with E-state index in [4.69, 9.17) is 0 Å². The summed E-state index contributed by atoms with van der Waals surface area (Å²) in [6.07, 6.45) is 0. The highest BCUT2D eigenvalue weighted by Gasteiger charge is 2.17. The normalized spacial score (nSPS) is 11.5. The minimum atomic E-state index is 1.15. The van der Waals surface area contributed by atoms with Crippen LogP contribution >= 0.6 is 0 Å². The zero-order valence-corrected chi connectivity index (χ0v) is 34.0. The van der Waals surface area contributed by atoms with E-state index in [0.717, 1.165) is 11.4 Å². The fourth-order valence-corrected chi connectivity index (χ4v) is 9.46. The summed E-state index contributed by atoms with van der Waals surface area (Å²) in [6.45, 7) is 0. The van der Waals surface area contributed by atoms with Gasteiger partial charge in [-0.15, -0.1) is 0 Å². The summed E-state index contributed by atoms with van der Waals surface area (Å²) in [5, 5.41) is 4.98. The Morgan fingerprint density at radius 1 is 0.177 bits per heavy atom. The molecule has 0 atom stereocenters. The fraction of sp³-hybridized carbons (Fsp3) is 0. The molecule has 0 spiro atoms. The third kappa shape index (κ3) is 6.12. The summed E-state index contributed by atoms with van der Waals surface area (Å²) >= 11 is 0. The number of aromatic nitrogens is 2. The van der Waals surface area contributed by atoms with Crippen molar-refractivity contribution in [3.63, 3.8) is 0 Å². The number of rotatable bonds is 7. The Bertz CT molecular complexity index is 3580. The maximum atomic E-state index is 2.41. The van der Waals surface area contributed by atoms with Crippen molar-refractivity contribution in [2.75, 3.05) is 0 Å². The van der Waals surface area contributed by atoms with Gasteiger partial charge in [-0.05, 0) is 116 Å². The molecule has 0 aliphatic heterocycles. The van der Waals surface area contributed by atoms with Crippen LogP contribution in [0.1, 0.15) is 0 Å². The van der Waals surface area contributed by atoms with E-state index < -0.39 is 0 Å². The second-order valence-electron chi connectivity index (χ2n) is 16.2. The molecule has 0 aliphatic carbocycles. The number of benzene rings is 10. The lowest BCUT2D eigenvalue weighted by atomic mass is 10.00. The van der Waals surface area contributed by atoms with Gasteiger partial charge in [-0.25, -0.2) is 0 Å². The first kappa shape index (κ1) is 35.7. The molecular formula is C60H40N2. The molecule has 2 nitrogen and oxygen atoms in total. The predicted molar refractivity (Wildman–Crippen MR) is 262 cm³/mol. The average Bonchev–Trinajstić information content (AvgIpc) is 3.87. The molecule has 0 unspecified atom stereocenters. The molecular weight excluding hydrogens is 749 g/mol. The van der Waals surface area contributed by atoms with Gasteiger partial charge in [0.05, 0.1) is 22.1 Å².